The van der Waals surface area contributed by atoms with E-state index in [4.69, 9.17) is 12.2 Å². The molecule has 2 aromatic rings. The van der Waals surface area contributed by atoms with Gasteiger partial charge in [-0.05, 0) is 71.2 Å². The maximum atomic E-state index is 12.4. The highest BCUT2D eigenvalue weighted by Crippen LogP contribution is 2.26. The number of piperazine rings is 1. The molecule has 1 aliphatic rings. The van der Waals surface area contributed by atoms with Crippen molar-refractivity contribution in [2.45, 2.75) is 6.92 Å². The lowest BCUT2D eigenvalue weighted by atomic mass is 10.2. The van der Waals surface area contributed by atoms with E-state index >= 15 is 0 Å². The average molecular weight is 508 g/mol. The Bertz CT molecular complexity index is 880. The van der Waals surface area contributed by atoms with Crippen LogP contribution in [0.2, 0.25) is 0 Å². The second kappa shape index (κ2) is 9.33. The molecule has 1 fully saturated rings. The van der Waals surface area contributed by atoms with E-state index in [1.165, 1.54) is 0 Å². The number of hydrogen-bond acceptors (Lipinski definition) is 4. The van der Waals surface area contributed by atoms with Gasteiger partial charge in [-0.2, -0.15) is 0 Å². The van der Waals surface area contributed by atoms with Crippen LogP contribution in [-0.4, -0.2) is 48.0 Å². The fourth-order valence-electron chi connectivity index (χ4n) is 3.05. The molecule has 1 saturated heterocycles. The lowest BCUT2D eigenvalue weighted by Gasteiger charge is -2.36. The van der Waals surface area contributed by atoms with Gasteiger partial charge in [0.15, 0.2) is 5.11 Å². The van der Waals surface area contributed by atoms with E-state index in [1.54, 1.807) is 19.1 Å². The van der Waals surface area contributed by atoms with Crippen LogP contribution in [0.1, 0.15) is 17.3 Å². The van der Waals surface area contributed by atoms with Gasteiger partial charge in [0.2, 0.25) is 5.91 Å². The number of nitrogens with one attached hydrogen (secondary N) is 2. The summed E-state index contributed by atoms with van der Waals surface area (Å²) < 4.78 is 1.06. The summed E-state index contributed by atoms with van der Waals surface area (Å²) in [5, 5.41) is 6.10. The van der Waals surface area contributed by atoms with Crippen molar-refractivity contribution >= 4 is 63.1 Å². The van der Waals surface area contributed by atoms with E-state index in [1.807, 2.05) is 41.3 Å². The number of anilines is 2. The molecule has 0 aromatic heterocycles. The third-order valence-electron chi connectivity index (χ3n) is 4.55. The fourth-order valence-corrected chi connectivity index (χ4v) is 3.61. The lowest BCUT2D eigenvalue weighted by molar-refractivity contribution is -0.129. The minimum Gasteiger partial charge on any atom is -0.366 e. The number of carbonyl (C=O) groups excluding carboxylic acids is 2. The Hall–Kier alpha value is -2.20. The molecule has 3 rings (SSSR count). The first-order valence-electron chi connectivity index (χ1n) is 8.91. The van der Waals surface area contributed by atoms with E-state index in [0.717, 1.165) is 28.0 Å². The highest BCUT2D eigenvalue weighted by molar-refractivity contribution is 14.1. The maximum absolute atomic E-state index is 12.4. The molecule has 1 heterocycles. The van der Waals surface area contributed by atoms with Gasteiger partial charge in [-0.15, -0.1) is 0 Å². The van der Waals surface area contributed by atoms with Crippen molar-refractivity contribution in [3.05, 3.63) is 57.7 Å². The smallest absolute Gasteiger partial charge is 0.257 e. The number of nitrogens with zero attached hydrogens (tertiary/aromatic N) is 2. The summed E-state index contributed by atoms with van der Waals surface area (Å²) in [4.78, 5) is 27.9. The molecule has 8 heteroatoms. The Balaban J connectivity index is 1.64. The normalized spacial score (nSPS) is 13.8. The van der Waals surface area contributed by atoms with Crippen molar-refractivity contribution in [2.24, 2.45) is 0 Å². The highest BCUT2D eigenvalue weighted by atomic mass is 127. The number of amides is 2. The predicted molar refractivity (Wildman–Crippen MR) is 124 cm³/mol. The number of para-hydroxylation sites is 2. The first-order chi connectivity index (χ1) is 13.4. The Labute approximate surface area is 183 Å². The van der Waals surface area contributed by atoms with Crippen LogP contribution in [0.25, 0.3) is 0 Å². The monoisotopic (exact) mass is 508 g/mol. The van der Waals surface area contributed by atoms with Gasteiger partial charge in [0, 0.05) is 42.2 Å². The summed E-state index contributed by atoms with van der Waals surface area (Å²) in [5.74, 6) is -0.146. The number of carbonyl (C=O) groups is 2. The lowest BCUT2D eigenvalue weighted by Crippen LogP contribution is -2.48. The quantitative estimate of drug-likeness (QED) is 0.493. The van der Waals surface area contributed by atoms with Crippen molar-refractivity contribution in [1.82, 2.24) is 10.2 Å². The zero-order chi connectivity index (χ0) is 20.1. The van der Waals surface area contributed by atoms with Crippen LogP contribution >= 0.6 is 34.8 Å². The average Bonchev–Trinajstić information content (AvgIpc) is 2.69. The SMILES string of the molecule is CC(=O)N1CCN(c2ccccc2NC(=S)NC(=O)c2ccc(I)cc2)CC1. The van der Waals surface area contributed by atoms with Crippen LogP contribution in [0.3, 0.4) is 0 Å². The minimum atomic E-state index is -0.249. The molecule has 146 valence electrons. The Morgan fingerprint density at radius 1 is 1.00 bits per heavy atom. The first kappa shape index (κ1) is 20.5. The second-order valence-corrected chi connectivity index (χ2v) is 8.08. The van der Waals surface area contributed by atoms with Gasteiger partial charge in [-0.3, -0.25) is 14.9 Å². The molecule has 28 heavy (non-hydrogen) atoms. The van der Waals surface area contributed by atoms with Crippen molar-refractivity contribution in [1.29, 1.82) is 0 Å². The fraction of sp³-hybridized carbons (Fsp3) is 0.250. The standard InChI is InChI=1S/C20H21IN4O2S/c1-14(26)24-10-12-25(13-11-24)18-5-3-2-4-17(18)22-20(28)23-19(27)15-6-8-16(21)9-7-15/h2-9H,10-13H2,1H3,(H2,22,23,27,28). The molecule has 0 saturated carbocycles. The Kier molecular flexibility index (Phi) is 6.84. The zero-order valence-electron chi connectivity index (χ0n) is 15.4. The number of rotatable bonds is 3. The molecule has 1 aliphatic heterocycles. The van der Waals surface area contributed by atoms with Gasteiger partial charge in [0.05, 0.1) is 11.4 Å². The largest absolute Gasteiger partial charge is 0.366 e. The molecule has 0 atom stereocenters. The van der Waals surface area contributed by atoms with E-state index < -0.39 is 0 Å². The van der Waals surface area contributed by atoms with Gasteiger partial charge in [0.25, 0.3) is 5.91 Å². The summed E-state index contributed by atoms with van der Waals surface area (Å²) in [6, 6.07) is 15.1. The number of thiocarbonyl (C=S) groups is 1. The molecule has 6 nitrogen and oxygen atoms in total. The van der Waals surface area contributed by atoms with Crippen molar-refractivity contribution in [3.63, 3.8) is 0 Å². The summed E-state index contributed by atoms with van der Waals surface area (Å²) in [5.41, 5.74) is 2.38. The Morgan fingerprint density at radius 3 is 2.29 bits per heavy atom. The molecule has 0 radical (unpaired) electrons. The van der Waals surface area contributed by atoms with Crippen LogP contribution in [0, 0.1) is 3.57 Å². The minimum absolute atomic E-state index is 0.102. The zero-order valence-corrected chi connectivity index (χ0v) is 18.4. The van der Waals surface area contributed by atoms with E-state index in [-0.39, 0.29) is 16.9 Å². The Morgan fingerprint density at radius 2 is 1.64 bits per heavy atom. The topological polar surface area (TPSA) is 64.7 Å². The van der Waals surface area contributed by atoms with Gasteiger partial charge < -0.3 is 15.1 Å². The summed E-state index contributed by atoms with van der Waals surface area (Å²) >= 11 is 7.53. The van der Waals surface area contributed by atoms with E-state index in [2.05, 4.69) is 38.1 Å². The van der Waals surface area contributed by atoms with Crippen LogP contribution < -0.4 is 15.5 Å². The molecule has 2 aromatic carbocycles. The van der Waals surface area contributed by atoms with Crippen LogP contribution in [0.4, 0.5) is 11.4 Å². The summed E-state index contributed by atoms with van der Waals surface area (Å²) in [6.07, 6.45) is 0. The van der Waals surface area contributed by atoms with Crippen LogP contribution in [0.15, 0.2) is 48.5 Å². The first-order valence-corrected chi connectivity index (χ1v) is 10.4. The van der Waals surface area contributed by atoms with Crippen molar-refractivity contribution in [2.75, 3.05) is 36.4 Å². The van der Waals surface area contributed by atoms with Gasteiger partial charge in [0.1, 0.15) is 0 Å². The molecule has 0 unspecified atom stereocenters. The van der Waals surface area contributed by atoms with Gasteiger partial charge in [-0.25, -0.2) is 0 Å². The predicted octanol–water partition coefficient (Wildman–Crippen LogP) is 3.09. The number of benzene rings is 2. The molecular weight excluding hydrogens is 487 g/mol. The molecule has 0 bridgehead atoms. The third-order valence-corrected chi connectivity index (χ3v) is 5.47. The van der Waals surface area contributed by atoms with Gasteiger partial charge in [-0.1, -0.05) is 12.1 Å². The number of halogens is 1. The third kappa shape index (κ3) is 5.20. The molecule has 2 N–H and O–H groups in total. The van der Waals surface area contributed by atoms with Gasteiger partial charge >= 0.3 is 0 Å². The van der Waals surface area contributed by atoms with Crippen molar-refractivity contribution in [3.8, 4) is 0 Å². The van der Waals surface area contributed by atoms with Crippen LogP contribution in [0.5, 0.6) is 0 Å². The molecule has 0 spiro atoms. The number of hydrogen-bond donors (Lipinski definition) is 2. The van der Waals surface area contributed by atoms with Crippen LogP contribution in [-0.2, 0) is 4.79 Å². The summed E-state index contributed by atoms with van der Waals surface area (Å²) in [6.45, 7) is 4.48. The maximum Gasteiger partial charge on any atom is 0.257 e. The molecular formula is C20H21IN4O2S. The highest BCUT2D eigenvalue weighted by Gasteiger charge is 2.20. The van der Waals surface area contributed by atoms with E-state index in [9.17, 15) is 9.59 Å². The summed E-state index contributed by atoms with van der Waals surface area (Å²) in [7, 11) is 0. The molecule has 2 amide bonds. The van der Waals surface area contributed by atoms with E-state index in [0.29, 0.717) is 18.7 Å². The van der Waals surface area contributed by atoms with Crippen molar-refractivity contribution < 1.29 is 9.59 Å². The second-order valence-electron chi connectivity index (χ2n) is 6.43. The molecule has 0 aliphatic carbocycles.